The lowest BCUT2D eigenvalue weighted by Gasteiger charge is -2.43. The zero-order valence-corrected chi connectivity index (χ0v) is 17.7. The summed E-state index contributed by atoms with van der Waals surface area (Å²) in [4.78, 5) is 9.63. The van der Waals surface area contributed by atoms with E-state index in [2.05, 4.69) is 68.3 Å². The molecule has 4 rings (SSSR count). The van der Waals surface area contributed by atoms with Crippen molar-refractivity contribution in [1.82, 2.24) is 15.1 Å². The van der Waals surface area contributed by atoms with Gasteiger partial charge >= 0.3 is 0 Å². The highest BCUT2D eigenvalue weighted by molar-refractivity contribution is 7.99. The van der Waals surface area contributed by atoms with Gasteiger partial charge in [0, 0.05) is 51.1 Å². The summed E-state index contributed by atoms with van der Waals surface area (Å²) in [7, 11) is 1.91. The third-order valence-electron chi connectivity index (χ3n) is 6.21. The molecule has 0 bridgehead atoms. The number of rotatable bonds is 4. The fourth-order valence-electron chi connectivity index (χ4n) is 4.49. The summed E-state index contributed by atoms with van der Waals surface area (Å²) in [6.45, 7) is 6.73. The predicted octanol–water partition coefficient (Wildman–Crippen LogP) is 2.56. The van der Waals surface area contributed by atoms with Gasteiger partial charge in [0.2, 0.25) is 0 Å². The zero-order valence-electron chi connectivity index (χ0n) is 16.9. The fourth-order valence-corrected chi connectivity index (χ4v) is 5.96. The van der Waals surface area contributed by atoms with Gasteiger partial charge in [0.05, 0.1) is 13.2 Å². The molecule has 1 atom stereocenters. The average Bonchev–Trinajstić information content (AvgIpc) is 3.26. The van der Waals surface area contributed by atoms with Crippen molar-refractivity contribution < 1.29 is 4.74 Å². The second-order valence-corrected chi connectivity index (χ2v) is 8.92. The highest BCUT2D eigenvalue weighted by Gasteiger charge is 2.40. The minimum Gasteiger partial charge on any atom is -0.379 e. The lowest BCUT2D eigenvalue weighted by molar-refractivity contribution is -0.0121. The molecule has 6 heteroatoms. The molecule has 5 nitrogen and oxygen atoms in total. The maximum atomic E-state index is 5.59. The molecule has 0 radical (unpaired) electrons. The summed E-state index contributed by atoms with van der Waals surface area (Å²) in [5, 5.41) is 3.72. The molecule has 152 valence electrons. The zero-order chi connectivity index (χ0) is 19.2. The van der Waals surface area contributed by atoms with Gasteiger partial charge in [-0.3, -0.25) is 9.89 Å². The van der Waals surface area contributed by atoms with Crippen molar-refractivity contribution in [3.8, 4) is 0 Å². The van der Waals surface area contributed by atoms with E-state index >= 15 is 0 Å². The molecule has 2 saturated heterocycles. The quantitative estimate of drug-likeness (QED) is 0.621. The molecule has 0 aromatic heterocycles. The summed E-state index contributed by atoms with van der Waals surface area (Å²) < 4.78 is 5.59. The molecule has 1 aromatic rings. The maximum absolute atomic E-state index is 5.59. The second-order valence-electron chi connectivity index (χ2n) is 7.82. The number of nitrogens with one attached hydrogen (secondary N) is 1. The second kappa shape index (κ2) is 9.33. The van der Waals surface area contributed by atoms with Crippen molar-refractivity contribution in [3.63, 3.8) is 0 Å². The number of benzene rings is 1. The Morgan fingerprint density at radius 1 is 1.21 bits per heavy atom. The number of hydrogen-bond donors (Lipinski definition) is 1. The van der Waals surface area contributed by atoms with Gasteiger partial charge < -0.3 is 15.0 Å². The molecule has 3 aliphatic heterocycles. The van der Waals surface area contributed by atoms with Crippen molar-refractivity contribution in [2.45, 2.75) is 18.4 Å². The van der Waals surface area contributed by atoms with Gasteiger partial charge in [0.15, 0.2) is 5.96 Å². The van der Waals surface area contributed by atoms with Gasteiger partial charge in [-0.2, -0.15) is 11.8 Å². The van der Waals surface area contributed by atoms with Crippen LogP contribution in [0.3, 0.4) is 0 Å². The molecule has 0 aliphatic carbocycles. The Bertz CT molecular complexity index is 694. The summed E-state index contributed by atoms with van der Waals surface area (Å²) in [5.41, 5.74) is 3.04. The molecule has 0 spiro atoms. The SMILES string of the molecule is CN=C(NCC1(N2CCOCC2)CCSC1)N1CC=C(c2ccccc2)CC1. The Morgan fingerprint density at radius 3 is 2.68 bits per heavy atom. The Balaban J connectivity index is 1.38. The first-order valence-corrected chi connectivity index (χ1v) is 11.6. The lowest BCUT2D eigenvalue weighted by Crippen LogP contribution is -2.60. The Hall–Kier alpha value is -1.50. The number of ether oxygens (including phenoxy) is 1. The average molecular weight is 401 g/mol. The summed E-state index contributed by atoms with van der Waals surface area (Å²) in [6, 6.07) is 10.7. The predicted molar refractivity (Wildman–Crippen MR) is 119 cm³/mol. The van der Waals surface area contributed by atoms with E-state index < -0.39 is 0 Å². The van der Waals surface area contributed by atoms with Crippen LogP contribution in [0.4, 0.5) is 0 Å². The number of morpholine rings is 1. The number of aliphatic imine (C=N–C) groups is 1. The molecule has 0 amide bonds. The van der Waals surface area contributed by atoms with Crippen molar-refractivity contribution in [1.29, 1.82) is 0 Å². The van der Waals surface area contributed by atoms with Crippen LogP contribution in [0, 0.1) is 0 Å². The molecule has 28 heavy (non-hydrogen) atoms. The topological polar surface area (TPSA) is 40.1 Å². The first-order valence-electron chi connectivity index (χ1n) is 10.4. The normalized spacial score (nSPS) is 27.0. The number of thioether (sulfide) groups is 1. The molecule has 1 N–H and O–H groups in total. The van der Waals surface area contributed by atoms with Crippen LogP contribution in [-0.2, 0) is 4.74 Å². The molecule has 3 aliphatic rings. The number of guanidine groups is 1. The van der Waals surface area contributed by atoms with Crippen LogP contribution in [0.2, 0.25) is 0 Å². The van der Waals surface area contributed by atoms with Gasteiger partial charge in [-0.25, -0.2) is 0 Å². The van der Waals surface area contributed by atoms with E-state index in [1.807, 2.05) is 7.05 Å². The highest BCUT2D eigenvalue weighted by Crippen LogP contribution is 2.33. The van der Waals surface area contributed by atoms with Crippen LogP contribution in [0.5, 0.6) is 0 Å². The number of nitrogens with zero attached hydrogens (tertiary/aromatic N) is 3. The van der Waals surface area contributed by atoms with E-state index in [9.17, 15) is 0 Å². The number of hydrogen-bond acceptors (Lipinski definition) is 4. The highest BCUT2D eigenvalue weighted by atomic mass is 32.2. The largest absolute Gasteiger partial charge is 0.379 e. The minimum absolute atomic E-state index is 0.241. The lowest BCUT2D eigenvalue weighted by atomic mass is 9.95. The van der Waals surface area contributed by atoms with Gasteiger partial charge in [-0.05, 0) is 29.7 Å². The molecule has 2 fully saturated rings. The summed E-state index contributed by atoms with van der Waals surface area (Å²) in [5.74, 6) is 3.49. The van der Waals surface area contributed by atoms with Crippen molar-refractivity contribution in [2.75, 3.05) is 64.5 Å². The molecule has 1 unspecified atom stereocenters. The molecule has 0 saturated carbocycles. The Morgan fingerprint density at radius 2 is 2.04 bits per heavy atom. The molecule has 1 aromatic carbocycles. The van der Waals surface area contributed by atoms with Crippen molar-refractivity contribution in [2.24, 2.45) is 4.99 Å². The first kappa shape index (κ1) is 19.8. The first-order chi connectivity index (χ1) is 13.8. The van der Waals surface area contributed by atoms with Gasteiger partial charge in [-0.1, -0.05) is 36.4 Å². The fraction of sp³-hybridized carbons (Fsp3) is 0.591. The van der Waals surface area contributed by atoms with E-state index in [0.717, 1.165) is 58.3 Å². The smallest absolute Gasteiger partial charge is 0.194 e. The Kier molecular flexibility index (Phi) is 6.60. The van der Waals surface area contributed by atoms with Crippen molar-refractivity contribution in [3.05, 3.63) is 42.0 Å². The van der Waals surface area contributed by atoms with Gasteiger partial charge in [0.25, 0.3) is 0 Å². The van der Waals surface area contributed by atoms with Crippen LogP contribution < -0.4 is 5.32 Å². The van der Waals surface area contributed by atoms with Crippen LogP contribution >= 0.6 is 11.8 Å². The van der Waals surface area contributed by atoms with Crippen LogP contribution in [0.1, 0.15) is 18.4 Å². The molecule has 3 heterocycles. The van der Waals surface area contributed by atoms with E-state index in [0.29, 0.717) is 0 Å². The van der Waals surface area contributed by atoms with Crippen LogP contribution in [0.25, 0.3) is 5.57 Å². The van der Waals surface area contributed by atoms with Crippen LogP contribution in [0.15, 0.2) is 41.4 Å². The minimum atomic E-state index is 0.241. The summed E-state index contributed by atoms with van der Waals surface area (Å²) >= 11 is 2.08. The third kappa shape index (κ3) is 4.39. The van der Waals surface area contributed by atoms with Crippen molar-refractivity contribution >= 4 is 23.3 Å². The third-order valence-corrected chi connectivity index (χ3v) is 7.44. The van der Waals surface area contributed by atoms with Crippen LogP contribution in [-0.4, -0.2) is 85.8 Å². The van der Waals surface area contributed by atoms with E-state index in [-0.39, 0.29) is 5.54 Å². The van der Waals surface area contributed by atoms with Gasteiger partial charge in [0.1, 0.15) is 0 Å². The maximum Gasteiger partial charge on any atom is 0.194 e. The van der Waals surface area contributed by atoms with Gasteiger partial charge in [-0.15, -0.1) is 0 Å². The van der Waals surface area contributed by atoms with E-state index in [4.69, 9.17) is 4.74 Å². The van der Waals surface area contributed by atoms with E-state index in [1.54, 1.807) is 0 Å². The summed E-state index contributed by atoms with van der Waals surface area (Å²) in [6.07, 6.45) is 4.67. The van der Waals surface area contributed by atoms with E-state index in [1.165, 1.54) is 29.1 Å². The molecular weight excluding hydrogens is 368 g/mol. The molecular formula is C22H32N4OS. The Labute approximate surface area is 173 Å². The monoisotopic (exact) mass is 400 g/mol. The standard InChI is InChI=1S/C22H32N4OS/c1-23-21(25-10-7-20(8-11-25)19-5-3-2-4-6-19)24-17-22(9-16-28-18-22)26-12-14-27-15-13-26/h2-7H,8-18H2,1H3,(H,23,24).